The van der Waals surface area contributed by atoms with E-state index in [0.29, 0.717) is 6.61 Å². The molecule has 1 aromatic carbocycles. The molecule has 0 bridgehead atoms. The lowest BCUT2D eigenvalue weighted by atomic mass is 10.1. The van der Waals surface area contributed by atoms with Gasteiger partial charge in [-0.05, 0) is 32.4 Å². The summed E-state index contributed by atoms with van der Waals surface area (Å²) in [5.41, 5.74) is 4.37. The highest BCUT2D eigenvalue weighted by Gasteiger charge is 2.08. The van der Waals surface area contributed by atoms with Gasteiger partial charge in [-0.3, -0.25) is 0 Å². The molecule has 0 aliphatic heterocycles. The number of aryl methyl sites for hydroxylation is 2. The molecular formula is C17H23N3O. The van der Waals surface area contributed by atoms with Crippen molar-refractivity contribution in [1.82, 2.24) is 9.97 Å². The van der Waals surface area contributed by atoms with Crippen molar-refractivity contribution < 1.29 is 4.74 Å². The molecule has 0 atom stereocenters. The SMILES string of the molecule is CCCNc1cc(COC)nc(-c2cc(C)cc(C)c2)n1. The van der Waals surface area contributed by atoms with Gasteiger partial charge in [0.15, 0.2) is 5.82 Å². The number of nitrogens with zero attached hydrogens (tertiary/aromatic N) is 2. The number of anilines is 1. The van der Waals surface area contributed by atoms with Crippen molar-refractivity contribution >= 4 is 5.82 Å². The van der Waals surface area contributed by atoms with Gasteiger partial charge >= 0.3 is 0 Å². The summed E-state index contributed by atoms with van der Waals surface area (Å²) in [5, 5.41) is 3.33. The van der Waals surface area contributed by atoms with Gasteiger partial charge in [0.25, 0.3) is 0 Å². The van der Waals surface area contributed by atoms with Gasteiger partial charge in [-0.25, -0.2) is 9.97 Å². The van der Waals surface area contributed by atoms with E-state index in [4.69, 9.17) is 4.74 Å². The van der Waals surface area contributed by atoms with Gasteiger partial charge in [0.2, 0.25) is 0 Å². The highest BCUT2D eigenvalue weighted by Crippen LogP contribution is 2.21. The Labute approximate surface area is 126 Å². The Morgan fingerprint density at radius 2 is 1.76 bits per heavy atom. The zero-order valence-corrected chi connectivity index (χ0v) is 13.2. The second-order valence-corrected chi connectivity index (χ2v) is 5.30. The standard InChI is InChI=1S/C17H23N3O/c1-5-6-18-16-10-15(11-21-4)19-17(20-16)14-8-12(2)7-13(3)9-14/h7-10H,5-6,11H2,1-4H3,(H,18,19,20). The van der Waals surface area contributed by atoms with Crippen LogP contribution in [0.15, 0.2) is 24.3 Å². The molecule has 21 heavy (non-hydrogen) atoms. The van der Waals surface area contributed by atoms with Crippen molar-refractivity contribution in [2.24, 2.45) is 0 Å². The summed E-state index contributed by atoms with van der Waals surface area (Å²) in [4.78, 5) is 9.24. The Hall–Kier alpha value is -1.94. The fraction of sp³-hybridized carbons (Fsp3) is 0.412. The molecule has 4 nitrogen and oxygen atoms in total. The normalized spacial score (nSPS) is 10.7. The molecule has 0 unspecified atom stereocenters. The predicted molar refractivity (Wildman–Crippen MR) is 86.4 cm³/mol. The van der Waals surface area contributed by atoms with E-state index in [9.17, 15) is 0 Å². The van der Waals surface area contributed by atoms with E-state index >= 15 is 0 Å². The Kier molecular flexibility index (Phi) is 5.28. The van der Waals surface area contributed by atoms with Crippen LogP contribution in [0.3, 0.4) is 0 Å². The van der Waals surface area contributed by atoms with Gasteiger partial charge in [0, 0.05) is 25.3 Å². The summed E-state index contributed by atoms with van der Waals surface area (Å²) < 4.78 is 5.21. The van der Waals surface area contributed by atoms with Crippen LogP contribution in [0, 0.1) is 13.8 Å². The van der Waals surface area contributed by atoms with Crippen molar-refractivity contribution in [2.75, 3.05) is 19.0 Å². The summed E-state index contributed by atoms with van der Waals surface area (Å²) in [5.74, 6) is 1.60. The van der Waals surface area contributed by atoms with Crippen LogP contribution in [0.4, 0.5) is 5.82 Å². The van der Waals surface area contributed by atoms with E-state index in [-0.39, 0.29) is 0 Å². The monoisotopic (exact) mass is 285 g/mol. The van der Waals surface area contributed by atoms with E-state index in [2.05, 4.69) is 54.3 Å². The molecule has 0 fully saturated rings. The van der Waals surface area contributed by atoms with Crippen LogP contribution in [-0.2, 0) is 11.3 Å². The minimum Gasteiger partial charge on any atom is -0.378 e. The van der Waals surface area contributed by atoms with Crippen molar-refractivity contribution in [3.63, 3.8) is 0 Å². The van der Waals surface area contributed by atoms with Crippen LogP contribution >= 0.6 is 0 Å². The largest absolute Gasteiger partial charge is 0.378 e. The third kappa shape index (κ3) is 4.26. The van der Waals surface area contributed by atoms with E-state index in [1.54, 1.807) is 7.11 Å². The average Bonchev–Trinajstić information content (AvgIpc) is 2.44. The van der Waals surface area contributed by atoms with Gasteiger partial charge in [-0.15, -0.1) is 0 Å². The van der Waals surface area contributed by atoms with Crippen LogP contribution in [0.5, 0.6) is 0 Å². The number of hydrogen-bond acceptors (Lipinski definition) is 4. The molecule has 0 amide bonds. The third-order valence-corrected chi connectivity index (χ3v) is 3.11. The van der Waals surface area contributed by atoms with Gasteiger partial charge < -0.3 is 10.1 Å². The lowest BCUT2D eigenvalue weighted by molar-refractivity contribution is 0.181. The van der Waals surface area contributed by atoms with Crippen LogP contribution in [-0.4, -0.2) is 23.6 Å². The van der Waals surface area contributed by atoms with Crippen LogP contribution in [0.25, 0.3) is 11.4 Å². The Morgan fingerprint density at radius 1 is 1.05 bits per heavy atom. The smallest absolute Gasteiger partial charge is 0.161 e. The Morgan fingerprint density at radius 3 is 2.38 bits per heavy atom. The second kappa shape index (κ2) is 7.18. The van der Waals surface area contributed by atoms with Crippen molar-refractivity contribution in [3.8, 4) is 11.4 Å². The number of ether oxygens (including phenoxy) is 1. The molecule has 1 heterocycles. The molecule has 1 aromatic heterocycles. The quantitative estimate of drug-likeness (QED) is 0.878. The highest BCUT2D eigenvalue weighted by molar-refractivity contribution is 5.59. The number of methoxy groups -OCH3 is 1. The zero-order valence-electron chi connectivity index (χ0n) is 13.2. The lowest BCUT2D eigenvalue weighted by Gasteiger charge is -2.10. The van der Waals surface area contributed by atoms with Gasteiger partial charge in [0.05, 0.1) is 12.3 Å². The maximum absolute atomic E-state index is 5.21. The number of aromatic nitrogens is 2. The summed E-state index contributed by atoms with van der Waals surface area (Å²) in [6.07, 6.45) is 1.06. The maximum Gasteiger partial charge on any atom is 0.161 e. The molecule has 4 heteroatoms. The number of rotatable bonds is 6. The molecule has 0 radical (unpaired) electrons. The van der Waals surface area contributed by atoms with Gasteiger partial charge in [0.1, 0.15) is 5.82 Å². The van der Waals surface area contributed by atoms with E-state index < -0.39 is 0 Å². The first kappa shape index (κ1) is 15.4. The molecule has 0 saturated carbocycles. The Balaban J connectivity index is 2.42. The van der Waals surface area contributed by atoms with Crippen LogP contribution in [0.2, 0.25) is 0 Å². The van der Waals surface area contributed by atoms with Crippen molar-refractivity contribution in [3.05, 3.63) is 41.1 Å². The molecular weight excluding hydrogens is 262 g/mol. The summed E-state index contributed by atoms with van der Waals surface area (Å²) in [6, 6.07) is 8.33. The zero-order chi connectivity index (χ0) is 15.2. The molecule has 0 aliphatic carbocycles. The topological polar surface area (TPSA) is 47.0 Å². The predicted octanol–water partition coefficient (Wildman–Crippen LogP) is 3.73. The minimum atomic E-state index is 0.487. The van der Waals surface area contributed by atoms with Gasteiger partial charge in [-0.1, -0.05) is 24.1 Å². The summed E-state index contributed by atoms with van der Waals surface area (Å²) in [6.45, 7) is 7.70. The maximum atomic E-state index is 5.21. The highest BCUT2D eigenvalue weighted by atomic mass is 16.5. The lowest BCUT2D eigenvalue weighted by Crippen LogP contribution is -2.06. The Bertz CT molecular complexity index is 591. The molecule has 1 N–H and O–H groups in total. The third-order valence-electron chi connectivity index (χ3n) is 3.11. The van der Waals surface area contributed by atoms with Gasteiger partial charge in [-0.2, -0.15) is 0 Å². The molecule has 0 spiro atoms. The van der Waals surface area contributed by atoms with Crippen LogP contribution < -0.4 is 5.32 Å². The second-order valence-electron chi connectivity index (χ2n) is 5.30. The van der Waals surface area contributed by atoms with Crippen molar-refractivity contribution in [2.45, 2.75) is 33.8 Å². The first-order chi connectivity index (χ1) is 10.1. The van der Waals surface area contributed by atoms with E-state index in [1.807, 2.05) is 6.07 Å². The number of benzene rings is 1. The van der Waals surface area contributed by atoms with E-state index in [1.165, 1.54) is 11.1 Å². The summed E-state index contributed by atoms with van der Waals surface area (Å²) in [7, 11) is 1.68. The molecule has 0 saturated heterocycles. The molecule has 112 valence electrons. The average molecular weight is 285 g/mol. The fourth-order valence-electron chi connectivity index (χ4n) is 2.30. The van der Waals surface area contributed by atoms with Crippen LogP contribution in [0.1, 0.15) is 30.2 Å². The van der Waals surface area contributed by atoms with E-state index in [0.717, 1.165) is 35.9 Å². The molecule has 2 aromatic rings. The first-order valence-corrected chi connectivity index (χ1v) is 7.31. The number of hydrogen-bond donors (Lipinski definition) is 1. The minimum absolute atomic E-state index is 0.487. The molecule has 0 aliphatic rings. The fourth-order valence-corrected chi connectivity index (χ4v) is 2.30. The van der Waals surface area contributed by atoms with Crippen molar-refractivity contribution in [1.29, 1.82) is 0 Å². The first-order valence-electron chi connectivity index (χ1n) is 7.31. The molecule has 2 rings (SSSR count). The summed E-state index contributed by atoms with van der Waals surface area (Å²) >= 11 is 0. The number of nitrogens with one attached hydrogen (secondary N) is 1.